The van der Waals surface area contributed by atoms with Gasteiger partial charge in [-0.15, -0.1) is 11.8 Å². The van der Waals surface area contributed by atoms with Gasteiger partial charge in [-0.1, -0.05) is 23.7 Å². The van der Waals surface area contributed by atoms with Gasteiger partial charge in [0.15, 0.2) is 5.82 Å². The first-order valence-corrected chi connectivity index (χ1v) is 16.7. The molecule has 1 saturated heterocycles. The molecular weight excluding hydrogens is 583 g/mol. The summed E-state index contributed by atoms with van der Waals surface area (Å²) >= 11 is 8.02. The van der Waals surface area contributed by atoms with Crippen LogP contribution in [0.25, 0.3) is 32.9 Å². The number of amides is 1. The van der Waals surface area contributed by atoms with Gasteiger partial charge < -0.3 is 14.2 Å². The zero-order valence-corrected chi connectivity index (χ0v) is 26.2. The van der Waals surface area contributed by atoms with Crippen LogP contribution in [0.4, 0.5) is 4.39 Å². The Hall–Kier alpha value is -3.12. The van der Waals surface area contributed by atoms with Gasteiger partial charge in [0.05, 0.1) is 24.2 Å². The largest absolute Gasteiger partial charge is 0.370 e. The molecule has 3 aliphatic carbocycles. The van der Waals surface area contributed by atoms with Crippen molar-refractivity contribution in [3.63, 3.8) is 0 Å². The number of morpholine rings is 1. The van der Waals surface area contributed by atoms with E-state index in [9.17, 15) is 10.1 Å². The van der Waals surface area contributed by atoms with Gasteiger partial charge in [0, 0.05) is 46.1 Å². The summed E-state index contributed by atoms with van der Waals surface area (Å²) in [6.45, 7) is 5.16. The van der Waals surface area contributed by atoms with Crippen molar-refractivity contribution in [3.8, 4) is 17.2 Å². The summed E-state index contributed by atoms with van der Waals surface area (Å²) in [6, 6.07) is 12.2. The standard InChI is InChI=1S/C34H34ClFN4O2S/c1-18-23(7-4-8-26(18)35)29-20(6-5-11-37)15-24-31(30(29)36)38-34(43-3)25-16-27(19(2)39-12-13-42-17-28(39)41)40(33(24)25)32-21-9-10-22(32)14-21/h4,7-8,15-16,19,21-22,32H,5-6,9-10,12-14,17H2,1-3H3/t19-,21-,22+,32?/m1/s1. The van der Waals surface area contributed by atoms with Crippen molar-refractivity contribution in [2.24, 2.45) is 11.8 Å². The average Bonchev–Trinajstić information content (AvgIpc) is 3.74. The molecule has 3 heterocycles. The Morgan fingerprint density at radius 1 is 1.26 bits per heavy atom. The highest BCUT2D eigenvalue weighted by atomic mass is 35.5. The minimum absolute atomic E-state index is 0.00780. The molecule has 3 saturated carbocycles. The zero-order valence-electron chi connectivity index (χ0n) is 24.6. The number of benzene rings is 2. The molecule has 4 atom stereocenters. The molecule has 2 aromatic carbocycles. The highest BCUT2D eigenvalue weighted by molar-refractivity contribution is 7.98. The van der Waals surface area contributed by atoms with Crippen LogP contribution in [-0.4, -0.2) is 46.4 Å². The van der Waals surface area contributed by atoms with Crippen LogP contribution in [0, 0.1) is 35.9 Å². The number of pyridine rings is 1. The van der Waals surface area contributed by atoms with Crippen molar-refractivity contribution >= 4 is 51.1 Å². The van der Waals surface area contributed by atoms with E-state index in [1.54, 1.807) is 0 Å². The minimum Gasteiger partial charge on any atom is -0.370 e. The number of aryl methyl sites for hydroxylation is 1. The Bertz CT molecular complexity index is 1820. The Kier molecular flexibility index (Phi) is 7.40. The molecule has 1 unspecified atom stereocenters. The number of ether oxygens (including phenoxy) is 1. The quantitative estimate of drug-likeness (QED) is 0.197. The fraction of sp³-hybridized carbons (Fsp3) is 0.441. The van der Waals surface area contributed by atoms with Crippen LogP contribution in [0.2, 0.25) is 5.02 Å². The summed E-state index contributed by atoms with van der Waals surface area (Å²) < 4.78 is 24.9. The summed E-state index contributed by atoms with van der Waals surface area (Å²) in [5.41, 5.74) is 5.16. The maximum absolute atomic E-state index is 17.0. The molecule has 2 aromatic heterocycles. The fourth-order valence-electron chi connectivity index (χ4n) is 7.87. The number of carbonyl (C=O) groups excluding carboxylic acids is 1. The molecule has 4 aromatic rings. The molecular formula is C34H34ClFN4O2S. The third-order valence-corrected chi connectivity index (χ3v) is 11.1. The van der Waals surface area contributed by atoms with E-state index < -0.39 is 0 Å². The highest BCUT2D eigenvalue weighted by Gasteiger charge is 2.49. The van der Waals surface area contributed by atoms with E-state index in [0.29, 0.717) is 53.6 Å². The normalized spacial score (nSPS) is 22.3. The topological polar surface area (TPSA) is 71.2 Å². The first kappa shape index (κ1) is 28.6. The van der Waals surface area contributed by atoms with Gasteiger partial charge in [-0.2, -0.15) is 5.26 Å². The molecule has 43 heavy (non-hydrogen) atoms. The number of nitrogens with zero attached hydrogens (tertiary/aromatic N) is 4. The number of nitriles is 1. The lowest BCUT2D eigenvalue weighted by atomic mass is 9.77. The molecule has 8 rings (SSSR count). The summed E-state index contributed by atoms with van der Waals surface area (Å²) in [5.74, 6) is 0.759. The lowest BCUT2D eigenvalue weighted by molar-refractivity contribution is -0.145. The van der Waals surface area contributed by atoms with Gasteiger partial charge in [0.2, 0.25) is 5.91 Å². The number of hydrogen-bond acceptors (Lipinski definition) is 5. The Balaban J connectivity index is 1.55. The third-order valence-electron chi connectivity index (χ3n) is 10.0. The molecule has 222 valence electrons. The number of hydrogen-bond donors (Lipinski definition) is 0. The summed E-state index contributed by atoms with van der Waals surface area (Å²) in [6.07, 6.45) is 6.26. The van der Waals surface area contributed by atoms with Crippen LogP contribution in [0.15, 0.2) is 35.4 Å². The molecule has 1 amide bonds. The Morgan fingerprint density at radius 3 is 2.74 bits per heavy atom. The number of fused-ring (bicyclic) bond motifs is 4. The third kappa shape index (κ3) is 4.46. The van der Waals surface area contributed by atoms with Gasteiger partial charge in [0.25, 0.3) is 0 Å². The van der Waals surface area contributed by atoms with Gasteiger partial charge >= 0.3 is 0 Å². The van der Waals surface area contributed by atoms with Crippen LogP contribution in [0.1, 0.15) is 61.5 Å². The summed E-state index contributed by atoms with van der Waals surface area (Å²) in [4.78, 5) is 19.8. The molecule has 2 bridgehead atoms. The van der Waals surface area contributed by atoms with Crippen LogP contribution >= 0.6 is 23.4 Å². The fourth-order valence-corrected chi connectivity index (χ4v) is 8.60. The lowest BCUT2D eigenvalue weighted by Gasteiger charge is -2.41. The second-order valence-electron chi connectivity index (χ2n) is 12.2. The van der Waals surface area contributed by atoms with Crippen molar-refractivity contribution in [2.75, 3.05) is 26.0 Å². The second kappa shape index (κ2) is 11.1. The van der Waals surface area contributed by atoms with E-state index in [4.69, 9.17) is 21.3 Å². The molecule has 4 aliphatic rings. The predicted octanol–water partition coefficient (Wildman–Crippen LogP) is 8.03. The number of halogens is 2. The molecule has 4 fully saturated rings. The SMILES string of the molecule is CSc1nc2c(F)c(-c3cccc(Cl)c3C)c(CCC#N)cc2c2c1cc([C@@H](C)N1CCOCC1=O)n2C1[C@@H]2CC[C@H]1C2. The van der Waals surface area contributed by atoms with E-state index in [0.717, 1.165) is 43.7 Å². The molecule has 0 spiro atoms. The van der Waals surface area contributed by atoms with Crippen LogP contribution in [0.5, 0.6) is 0 Å². The first-order valence-electron chi connectivity index (χ1n) is 15.1. The summed E-state index contributed by atoms with van der Waals surface area (Å²) in [5, 5.41) is 12.6. The van der Waals surface area contributed by atoms with Crippen molar-refractivity contribution < 1.29 is 13.9 Å². The van der Waals surface area contributed by atoms with Gasteiger partial charge in [-0.25, -0.2) is 9.37 Å². The molecule has 9 heteroatoms. The average molecular weight is 617 g/mol. The van der Waals surface area contributed by atoms with E-state index in [1.165, 1.54) is 31.0 Å². The molecule has 0 radical (unpaired) electrons. The van der Waals surface area contributed by atoms with Gasteiger partial charge in [0.1, 0.15) is 17.1 Å². The predicted molar refractivity (Wildman–Crippen MR) is 169 cm³/mol. The van der Waals surface area contributed by atoms with Crippen LogP contribution < -0.4 is 0 Å². The molecule has 1 aliphatic heterocycles. The monoisotopic (exact) mass is 616 g/mol. The lowest BCUT2D eigenvalue weighted by Crippen LogP contribution is -2.44. The Morgan fingerprint density at radius 2 is 2.05 bits per heavy atom. The first-order chi connectivity index (χ1) is 20.8. The second-order valence-corrected chi connectivity index (χ2v) is 13.4. The smallest absolute Gasteiger partial charge is 0.249 e. The minimum atomic E-state index is -0.379. The number of carbonyl (C=O) groups is 1. The number of thioether (sulfide) groups is 1. The van der Waals surface area contributed by atoms with E-state index in [-0.39, 0.29) is 30.8 Å². The number of aromatic nitrogens is 2. The van der Waals surface area contributed by atoms with E-state index >= 15 is 4.39 Å². The van der Waals surface area contributed by atoms with E-state index in [2.05, 4.69) is 29.7 Å². The van der Waals surface area contributed by atoms with Crippen molar-refractivity contribution in [1.82, 2.24) is 14.5 Å². The van der Waals surface area contributed by atoms with Crippen LogP contribution in [-0.2, 0) is 16.0 Å². The van der Waals surface area contributed by atoms with Gasteiger partial charge in [-0.05, 0) is 92.5 Å². The number of rotatable bonds is 7. The van der Waals surface area contributed by atoms with E-state index in [1.807, 2.05) is 36.3 Å². The van der Waals surface area contributed by atoms with Crippen molar-refractivity contribution in [2.45, 2.75) is 63.1 Å². The zero-order chi connectivity index (χ0) is 30.0. The summed E-state index contributed by atoms with van der Waals surface area (Å²) in [7, 11) is 0. The van der Waals surface area contributed by atoms with Crippen molar-refractivity contribution in [3.05, 3.63) is 58.0 Å². The van der Waals surface area contributed by atoms with Crippen LogP contribution in [0.3, 0.4) is 0 Å². The van der Waals surface area contributed by atoms with Gasteiger partial charge in [-0.3, -0.25) is 4.79 Å². The Labute approximate surface area is 260 Å². The maximum Gasteiger partial charge on any atom is 0.249 e. The molecule has 6 nitrogen and oxygen atoms in total. The highest BCUT2D eigenvalue weighted by Crippen LogP contribution is 2.58. The van der Waals surface area contributed by atoms with Crippen molar-refractivity contribution in [1.29, 1.82) is 5.26 Å². The molecule has 0 N–H and O–H groups in total. The maximum atomic E-state index is 17.0.